The lowest BCUT2D eigenvalue weighted by molar-refractivity contribution is -0.136. The number of rotatable bonds is 11. The second-order valence-electron chi connectivity index (χ2n) is 7.16. The summed E-state index contributed by atoms with van der Waals surface area (Å²) in [6, 6.07) is 4.48. The van der Waals surface area contributed by atoms with Gasteiger partial charge < -0.3 is 21.3 Å². The average molecular weight is 404 g/mol. The fraction of sp³-hybridized carbons (Fsp3) is 0.476. The average Bonchev–Trinajstić information content (AvgIpc) is 2.63. The molecule has 2 aromatic rings. The van der Waals surface area contributed by atoms with Gasteiger partial charge in [0.1, 0.15) is 11.6 Å². The number of halogens is 1. The fourth-order valence-corrected chi connectivity index (χ4v) is 3.25. The molecule has 0 aliphatic carbocycles. The van der Waals surface area contributed by atoms with Crippen LogP contribution in [0.4, 0.5) is 16.2 Å². The van der Waals surface area contributed by atoms with E-state index in [1.165, 1.54) is 6.07 Å². The summed E-state index contributed by atoms with van der Waals surface area (Å²) in [7, 11) is 0. The van der Waals surface area contributed by atoms with E-state index in [0.29, 0.717) is 29.1 Å². The molecule has 1 aromatic heterocycles. The summed E-state index contributed by atoms with van der Waals surface area (Å²) in [5.41, 5.74) is 8.03. The van der Waals surface area contributed by atoms with Gasteiger partial charge in [-0.15, -0.1) is 0 Å². The summed E-state index contributed by atoms with van der Waals surface area (Å²) in [4.78, 5) is 19.4. The topological polar surface area (TPSA) is 121 Å². The summed E-state index contributed by atoms with van der Waals surface area (Å²) in [6.45, 7) is 3.95. The number of carbonyl (C=O) groups is 1. The number of nitrogens with zero attached hydrogens (tertiary/aromatic N) is 2. The van der Waals surface area contributed by atoms with E-state index in [9.17, 15) is 14.3 Å². The summed E-state index contributed by atoms with van der Waals surface area (Å²) < 4.78 is 14.6. The van der Waals surface area contributed by atoms with Crippen LogP contribution in [0.2, 0.25) is 0 Å². The van der Waals surface area contributed by atoms with Gasteiger partial charge in [-0.05, 0) is 37.0 Å². The highest BCUT2D eigenvalue weighted by atomic mass is 19.1. The third-order valence-electron chi connectivity index (χ3n) is 4.80. The summed E-state index contributed by atoms with van der Waals surface area (Å²) in [5.74, 6) is -0.805. The number of hydrogen-bond acceptors (Lipinski definition) is 6. The van der Waals surface area contributed by atoms with E-state index in [4.69, 9.17) is 10.8 Å². The van der Waals surface area contributed by atoms with Gasteiger partial charge in [-0.2, -0.15) is 4.98 Å². The van der Waals surface area contributed by atoms with Crippen molar-refractivity contribution in [2.45, 2.75) is 58.4 Å². The number of benzene rings is 1. The highest BCUT2D eigenvalue weighted by Gasteiger charge is 2.17. The zero-order valence-corrected chi connectivity index (χ0v) is 16.9. The van der Waals surface area contributed by atoms with E-state index < -0.39 is 11.8 Å². The number of anilines is 2. The second-order valence-corrected chi connectivity index (χ2v) is 7.16. The molecule has 158 valence electrons. The maximum atomic E-state index is 14.6. The van der Waals surface area contributed by atoms with Crippen molar-refractivity contribution in [2.24, 2.45) is 0 Å². The molecule has 0 spiro atoms. The van der Waals surface area contributed by atoms with Gasteiger partial charge in [0.25, 0.3) is 0 Å². The number of nitrogens with two attached hydrogens (primary N) is 1. The van der Waals surface area contributed by atoms with Crippen LogP contribution in [0.5, 0.6) is 0 Å². The maximum Gasteiger partial charge on any atom is 0.307 e. The Hall–Kier alpha value is -2.74. The van der Waals surface area contributed by atoms with E-state index in [1.807, 2.05) is 0 Å². The maximum absolute atomic E-state index is 14.6. The van der Waals surface area contributed by atoms with Gasteiger partial charge in [-0.25, -0.2) is 9.37 Å². The Kier molecular flexibility index (Phi) is 8.33. The van der Waals surface area contributed by atoms with E-state index >= 15 is 0 Å². The molecule has 1 aromatic carbocycles. The first kappa shape index (κ1) is 22.5. The Morgan fingerprint density at radius 2 is 2.07 bits per heavy atom. The Morgan fingerprint density at radius 3 is 2.69 bits per heavy atom. The second kappa shape index (κ2) is 10.7. The summed E-state index contributed by atoms with van der Waals surface area (Å²) >= 11 is 0. The van der Waals surface area contributed by atoms with E-state index in [0.717, 1.165) is 24.8 Å². The molecule has 1 atom stereocenters. The smallest absolute Gasteiger partial charge is 0.307 e. The fourth-order valence-electron chi connectivity index (χ4n) is 3.25. The molecule has 7 nitrogen and oxygen atoms in total. The van der Waals surface area contributed by atoms with Crippen LogP contribution in [0.3, 0.4) is 0 Å². The number of unbranched alkanes of at least 4 members (excludes halogenated alkanes) is 1. The standard InChI is InChI=1S/C21H29FN4O3/c1-3-4-5-16(8-9-27)25-20-17(13(2)24-21(23)26-20)12-15-7-6-14(10-18(15)22)11-19(28)29/h6-7,10,16,27H,3-5,8-9,11-12H2,1-2H3,(H,28,29)(H3,23,24,25,26). The zero-order chi connectivity index (χ0) is 21.4. The van der Waals surface area contributed by atoms with Crippen LogP contribution >= 0.6 is 0 Å². The van der Waals surface area contributed by atoms with Gasteiger partial charge in [0.15, 0.2) is 0 Å². The third kappa shape index (κ3) is 6.67. The minimum Gasteiger partial charge on any atom is -0.481 e. The van der Waals surface area contributed by atoms with Gasteiger partial charge in [-0.3, -0.25) is 4.79 Å². The van der Waals surface area contributed by atoms with Crippen molar-refractivity contribution >= 4 is 17.7 Å². The normalized spacial score (nSPS) is 12.0. The Morgan fingerprint density at radius 1 is 1.31 bits per heavy atom. The zero-order valence-electron chi connectivity index (χ0n) is 16.9. The Balaban J connectivity index is 2.31. The molecular weight excluding hydrogens is 375 g/mol. The first-order valence-electron chi connectivity index (χ1n) is 9.83. The van der Waals surface area contributed by atoms with Gasteiger partial charge in [0.2, 0.25) is 5.95 Å². The molecule has 8 heteroatoms. The van der Waals surface area contributed by atoms with Gasteiger partial charge in [-0.1, -0.05) is 31.9 Å². The third-order valence-corrected chi connectivity index (χ3v) is 4.80. The lowest BCUT2D eigenvalue weighted by Crippen LogP contribution is -2.23. The molecule has 0 bridgehead atoms. The lowest BCUT2D eigenvalue weighted by atomic mass is 10.00. The molecule has 0 saturated carbocycles. The number of aryl methyl sites for hydroxylation is 1. The number of hydrogen-bond donors (Lipinski definition) is 4. The molecule has 1 unspecified atom stereocenters. The molecule has 0 aliphatic heterocycles. The molecule has 0 amide bonds. The number of nitrogen functional groups attached to an aromatic ring is 1. The number of aliphatic hydroxyl groups is 1. The minimum atomic E-state index is -1.01. The number of carboxylic acid groups (broad SMARTS) is 1. The molecular formula is C21H29FN4O3. The highest BCUT2D eigenvalue weighted by molar-refractivity contribution is 5.70. The van der Waals surface area contributed by atoms with Crippen molar-refractivity contribution in [2.75, 3.05) is 17.7 Å². The van der Waals surface area contributed by atoms with Crippen molar-refractivity contribution in [3.8, 4) is 0 Å². The van der Waals surface area contributed by atoms with Crippen LogP contribution in [-0.2, 0) is 17.6 Å². The van der Waals surface area contributed by atoms with Crippen molar-refractivity contribution in [3.05, 3.63) is 46.4 Å². The number of aliphatic carboxylic acids is 1. The minimum absolute atomic E-state index is 0.0233. The van der Waals surface area contributed by atoms with Crippen LogP contribution in [0.1, 0.15) is 55.0 Å². The Labute approximate surface area is 170 Å². The monoisotopic (exact) mass is 404 g/mol. The lowest BCUT2D eigenvalue weighted by Gasteiger charge is -2.21. The first-order valence-corrected chi connectivity index (χ1v) is 9.83. The molecule has 0 radical (unpaired) electrons. The largest absolute Gasteiger partial charge is 0.481 e. The molecule has 0 saturated heterocycles. The van der Waals surface area contributed by atoms with Gasteiger partial charge in [0, 0.05) is 30.3 Å². The molecule has 29 heavy (non-hydrogen) atoms. The number of nitrogens with one attached hydrogen (secondary N) is 1. The van der Waals surface area contributed by atoms with Crippen LogP contribution in [0.15, 0.2) is 18.2 Å². The quantitative estimate of drug-likeness (QED) is 0.454. The number of aliphatic hydroxyl groups excluding tert-OH is 1. The predicted octanol–water partition coefficient (Wildman–Crippen LogP) is 3.08. The van der Waals surface area contributed by atoms with Crippen molar-refractivity contribution in [1.82, 2.24) is 9.97 Å². The molecule has 0 aliphatic rings. The van der Waals surface area contributed by atoms with Crippen LogP contribution < -0.4 is 11.1 Å². The van der Waals surface area contributed by atoms with Crippen molar-refractivity contribution in [3.63, 3.8) is 0 Å². The van der Waals surface area contributed by atoms with Crippen molar-refractivity contribution in [1.29, 1.82) is 0 Å². The summed E-state index contributed by atoms with van der Waals surface area (Å²) in [6.07, 6.45) is 3.50. The Bertz CT molecular complexity index is 845. The van der Waals surface area contributed by atoms with E-state index in [1.54, 1.807) is 19.1 Å². The first-order chi connectivity index (χ1) is 13.8. The van der Waals surface area contributed by atoms with Crippen LogP contribution in [0, 0.1) is 12.7 Å². The van der Waals surface area contributed by atoms with Crippen molar-refractivity contribution < 1.29 is 19.4 Å². The van der Waals surface area contributed by atoms with E-state index in [-0.39, 0.29) is 31.4 Å². The van der Waals surface area contributed by atoms with E-state index in [2.05, 4.69) is 22.2 Å². The number of aromatic nitrogens is 2. The molecule has 1 heterocycles. The molecule has 0 fully saturated rings. The van der Waals surface area contributed by atoms with Gasteiger partial charge >= 0.3 is 5.97 Å². The SMILES string of the molecule is CCCCC(CCO)Nc1nc(N)nc(C)c1Cc1ccc(CC(=O)O)cc1F. The molecule has 2 rings (SSSR count). The number of carboxylic acids is 1. The van der Waals surface area contributed by atoms with Gasteiger partial charge in [0.05, 0.1) is 6.42 Å². The van der Waals surface area contributed by atoms with Crippen LogP contribution in [-0.4, -0.2) is 38.8 Å². The highest BCUT2D eigenvalue weighted by Crippen LogP contribution is 2.25. The van der Waals surface area contributed by atoms with Crippen LogP contribution in [0.25, 0.3) is 0 Å². The summed E-state index contributed by atoms with van der Waals surface area (Å²) in [5, 5.41) is 21.6. The predicted molar refractivity (Wildman–Crippen MR) is 110 cm³/mol. The molecule has 5 N–H and O–H groups in total.